The number of hydrogen-bond acceptors (Lipinski definition) is 7. The normalized spacial score (nSPS) is 12.8. The molecule has 212 valence electrons. The number of nitrogens with one attached hydrogen (secondary N) is 1. The summed E-state index contributed by atoms with van der Waals surface area (Å²) in [5, 5.41) is 7.44. The molecule has 0 radical (unpaired) electrons. The van der Waals surface area contributed by atoms with Gasteiger partial charge >= 0.3 is 0 Å². The van der Waals surface area contributed by atoms with Gasteiger partial charge in [-0.3, -0.25) is 19.1 Å². The van der Waals surface area contributed by atoms with E-state index in [4.69, 9.17) is 17.3 Å². The SMILES string of the molecule is CN(C)c1ncc(-c2ccc3c(c2)c(C(N)=O)nn3CC(=O)N(CC(=O)NCc2cccc(Cl)c2F)C2CC2)cn1. The lowest BCUT2D eigenvalue weighted by Crippen LogP contribution is -2.43. The lowest BCUT2D eigenvalue weighted by Gasteiger charge is -2.22. The zero-order chi connectivity index (χ0) is 29.3. The van der Waals surface area contributed by atoms with Gasteiger partial charge in [-0.2, -0.15) is 5.10 Å². The Morgan fingerprint density at radius 2 is 1.85 bits per heavy atom. The Balaban J connectivity index is 1.33. The topological polar surface area (TPSA) is 139 Å². The fraction of sp³-hybridized carbons (Fsp3) is 0.286. The van der Waals surface area contributed by atoms with E-state index in [9.17, 15) is 18.8 Å². The van der Waals surface area contributed by atoms with Crippen LogP contribution in [-0.4, -0.2) is 69.1 Å². The molecule has 0 atom stereocenters. The highest BCUT2D eigenvalue weighted by atomic mass is 35.5. The van der Waals surface area contributed by atoms with Gasteiger partial charge in [0.15, 0.2) is 5.69 Å². The Kier molecular flexibility index (Phi) is 7.84. The molecule has 3 N–H and O–H groups in total. The molecule has 2 aromatic heterocycles. The van der Waals surface area contributed by atoms with Gasteiger partial charge in [0.2, 0.25) is 17.8 Å². The van der Waals surface area contributed by atoms with E-state index < -0.39 is 17.6 Å². The minimum absolute atomic E-state index is 0.0275. The van der Waals surface area contributed by atoms with E-state index in [0.29, 0.717) is 16.9 Å². The summed E-state index contributed by atoms with van der Waals surface area (Å²) in [6.45, 7) is -0.452. The van der Waals surface area contributed by atoms with Gasteiger partial charge in [-0.25, -0.2) is 14.4 Å². The molecule has 2 aromatic carbocycles. The van der Waals surface area contributed by atoms with Gasteiger partial charge in [-0.15, -0.1) is 0 Å². The molecule has 0 aliphatic heterocycles. The fourth-order valence-electron chi connectivity index (χ4n) is 4.48. The third kappa shape index (κ3) is 6.12. The van der Waals surface area contributed by atoms with Crippen LogP contribution in [0.25, 0.3) is 22.0 Å². The summed E-state index contributed by atoms with van der Waals surface area (Å²) in [6, 6.07) is 9.82. The van der Waals surface area contributed by atoms with Crippen molar-refractivity contribution in [2.45, 2.75) is 32.0 Å². The van der Waals surface area contributed by atoms with Crippen LogP contribution >= 0.6 is 11.6 Å². The molecule has 3 amide bonds. The van der Waals surface area contributed by atoms with Gasteiger partial charge < -0.3 is 20.9 Å². The lowest BCUT2D eigenvalue weighted by atomic mass is 10.1. The van der Waals surface area contributed by atoms with Crippen molar-refractivity contribution < 1.29 is 18.8 Å². The second kappa shape index (κ2) is 11.5. The van der Waals surface area contributed by atoms with Crippen LogP contribution in [0.5, 0.6) is 0 Å². The first-order chi connectivity index (χ1) is 19.6. The number of hydrogen-bond donors (Lipinski definition) is 2. The highest BCUT2D eigenvalue weighted by Crippen LogP contribution is 2.29. The number of carbonyl (C=O) groups excluding carboxylic acids is 3. The lowest BCUT2D eigenvalue weighted by molar-refractivity contribution is -0.137. The van der Waals surface area contributed by atoms with Crippen LogP contribution in [0.3, 0.4) is 0 Å². The van der Waals surface area contributed by atoms with E-state index in [-0.39, 0.29) is 47.9 Å². The zero-order valence-corrected chi connectivity index (χ0v) is 23.2. The van der Waals surface area contributed by atoms with Gasteiger partial charge in [-0.1, -0.05) is 29.8 Å². The molecule has 1 saturated carbocycles. The van der Waals surface area contributed by atoms with E-state index >= 15 is 0 Å². The molecule has 0 bridgehead atoms. The number of fused-ring (bicyclic) bond motifs is 1. The number of benzene rings is 2. The summed E-state index contributed by atoms with van der Waals surface area (Å²) in [6.07, 6.45) is 4.90. The van der Waals surface area contributed by atoms with Gasteiger partial charge in [0.25, 0.3) is 5.91 Å². The predicted molar refractivity (Wildman–Crippen MR) is 152 cm³/mol. The van der Waals surface area contributed by atoms with Crippen LogP contribution in [0, 0.1) is 5.82 Å². The van der Waals surface area contributed by atoms with Crippen molar-refractivity contribution in [3.63, 3.8) is 0 Å². The van der Waals surface area contributed by atoms with Crippen molar-refractivity contribution in [2.75, 3.05) is 25.5 Å². The number of nitrogens with two attached hydrogens (primary N) is 1. The minimum Gasteiger partial charge on any atom is -0.364 e. The van der Waals surface area contributed by atoms with Crippen LogP contribution in [0.4, 0.5) is 10.3 Å². The summed E-state index contributed by atoms with van der Waals surface area (Å²) in [5.41, 5.74) is 7.93. The predicted octanol–water partition coefficient (Wildman–Crippen LogP) is 2.76. The number of carbonyl (C=O) groups is 3. The highest BCUT2D eigenvalue weighted by molar-refractivity contribution is 6.30. The first kappa shape index (κ1) is 28.0. The zero-order valence-electron chi connectivity index (χ0n) is 22.5. The Labute approximate surface area is 240 Å². The third-order valence-corrected chi connectivity index (χ3v) is 7.06. The van der Waals surface area contributed by atoms with Crippen LogP contribution in [-0.2, 0) is 22.7 Å². The maximum atomic E-state index is 14.2. The molecular formula is C28H28ClFN8O3. The number of amides is 3. The molecule has 0 spiro atoms. The molecule has 1 fully saturated rings. The van der Waals surface area contributed by atoms with Crippen LogP contribution in [0.15, 0.2) is 48.8 Å². The van der Waals surface area contributed by atoms with Crippen molar-refractivity contribution in [3.8, 4) is 11.1 Å². The first-order valence-electron chi connectivity index (χ1n) is 12.9. The van der Waals surface area contributed by atoms with Crippen molar-refractivity contribution in [2.24, 2.45) is 5.73 Å². The number of halogens is 2. The van der Waals surface area contributed by atoms with E-state index in [0.717, 1.165) is 24.0 Å². The van der Waals surface area contributed by atoms with Gasteiger partial charge in [0, 0.05) is 55.6 Å². The monoisotopic (exact) mass is 578 g/mol. The summed E-state index contributed by atoms with van der Waals surface area (Å²) < 4.78 is 15.6. The van der Waals surface area contributed by atoms with Gasteiger partial charge in [0.1, 0.15) is 12.4 Å². The fourth-order valence-corrected chi connectivity index (χ4v) is 4.67. The average molecular weight is 579 g/mol. The molecule has 1 aliphatic carbocycles. The number of primary amides is 1. The maximum absolute atomic E-state index is 14.2. The second-order valence-electron chi connectivity index (χ2n) is 10.0. The van der Waals surface area contributed by atoms with Crippen molar-refractivity contribution >= 4 is 46.2 Å². The van der Waals surface area contributed by atoms with Crippen LogP contribution in [0.2, 0.25) is 5.02 Å². The molecule has 2 heterocycles. The number of nitrogens with zero attached hydrogens (tertiary/aromatic N) is 6. The van der Waals surface area contributed by atoms with Crippen molar-refractivity contribution in [1.29, 1.82) is 0 Å². The van der Waals surface area contributed by atoms with Crippen molar-refractivity contribution in [1.82, 2.24) is 30.0 Å². The standard InChI is InChI=1S/C28H28ClFN8O3/c1-36(2)28-33-12-18(13-34-28)16-6-9-22-20(10-16)26(27(31)41)35-38(22)15-24(40)37(19-7-8-19)14-23(39)32-11-17-4-3-5-21(29)25(17)30/h3-6,9-10,12-13,19H,7-8,11,14-15H2,1-2H3,(H2,31,41)(H,32,39). The number of anilines is 1. The average Bonchev–Trinajstić information content (AvgIpc) is 3.73. The van der Waals surface area contributed by atoms with E-state index in [1.165, 1.54) is 21.7 Å². The molecular weight excluding hydrogens is 551 g/mol. The first-order valence-corrected chi connectivity index (χ1v) is 13.3. The van der Waals surface area contributed by atoms with Gasteiger partial charge in [-0.05, 0) is 36.6 Å². The summed E-state index contributed by atoms with van der Waals surface area (Å²) in [5.74, 6) is -1.54. The number of aromatic nitrogens is 4. The summed E-state index contributed by atoms with van der Waals surface area (Å²) in [4.78, 5) is 50.3. The molecule has 41 heavy (non-hydrogen) atoms. The molecule has 0 unspecified atom stereocenters. The Hall–Kier alpha value is -4.58. The number of rotatable bonds is 10. The smallest absolute Gasteiger partial charge is 0.269 e. The van der Waals surface area contributed by atoms with E-state index in [1.54, 1.807) is 35.5 Å². The molecule has 4 aromatic rings. The quantitative estimate of drug-likeness (QED) is 0.295. The van der Waals surface area contributed by atoms with Gasteiger partial charge in [0.05, 0.1) is 17.1 Å². The van der Waals surface area contributed by atoms with E-state index in [2.05, 4.69) is 20.4 Å². The molecule has 1 aliphatic rings. The second-order valence-corrected chi connectivity index (χ2v) is 10.4. The maximum Gasteiger partial charge on any atom is 0.269 e. The molecule has 5 rings (SSSR count). The Bertz CT molecular complexity index is 1640. The summed E-state index contributed by atoms with van der Waals surface area (Å²) >= 11 is 5.82. The Morgan fingerprint density at radius 3 is 2.51 bits per heavy atom. The van der Waals surface area contributed by atoms with E-state index in [1.807, 2.05) is 20.2 Å². The largest absolute Gasteiger partial charge is 0.364 e. The molecule has 11 nitrogen and oxygen atoms in total. The van der Waals surface area contributed by atoms with Crippen LogP contribution < -0.4 is 16.0 Å². The third-order valence-electron chi connectivity index (χ3n) is 6.77. The molecule has 0 saturated heterocycles. The van der Waals surface area contributed by atoms with Crippen LogP contribution in [0.1, 0.15) is 28.9 Å². The highest BCUT2D eigenvalue weighted by Gasteiger charge is 2.34. The summed E-state index contributed by atoms with van der Waals surface area (Å²) in [7, 11) is 3.68. The minimum atomic E-state index is -0.732. The Morgan fingerprint density at radius 1 is 1.12 bits per heavy atom. The van der Waals surface area contributed by atoms with Crippen molar-refractivity contribution in [3.05, 3.63) is 70.9 Å². The molecule has 13 heteroatoms.